The monoisotopic (exact) mass is 246 g/mol. The van der Waals surface area contributed by atoms with Gasteiger partial charge in [0.25, 0.3) is 0 Å². The van der Waals surface area contributed by atoms with E-state index in [1.165, 1.54) is 5.56 Å². The maximum absolute atomic E-state index is 11.9. The first-order valence-electron chi connectivity index (χ1n) is 6.74. The van der Waals surface area contributed by atoms with Gasteiger partial charge in [-0.1, -0.05) is 30.3 Å². The lowest BCUT2D eigenvalue weighted by Crippen LogP contribution is -2.59. The molecule has 98 valence electrons. The summed E-state index contributed by atoms with van der Waals surface area (Å²) in [5.74, 6) is 0.0225. The van der Waals surface area contributed by atoms with E-state index in [1.54, 1.807) is 0 Å². The predicted molar refractivity (Wildman–Crippen MR) is 73.1 cm³/mol. The van der Waals surface area contributed by atoms with Crippen LogP contribution in [0, 0.1) is 0 Å². The molecule has 1 amide bonds. The van der Waals surface area contributed by atoms with E-state index in [-0.39, 0.29) is 11.9 Å². The molecule has 0 aromatic heterocycles. The largest absolute Gasteiger partial charge is 0.352 e. The highest BCUT2D eigenvalue weighted by atomic mass is 16.2. The van der Waals surface area contributed by atoms with Gasteiger partial charge in [0, 0.05) is 6.04 Å². The van der Waals surface area contributed by atoms with Crippen molar-refractivity contribution in [2.24, 2.45) is 5.73 Å². The highest BCUT2D eigenvalue weighted by molar-refractivity contribution is 5.87. The van der Waals surface area contributed by atoms with Crippen molar-refractivity contribution in [1.29, 1.82) is 0 Å². The Bertz CT molecular complexity index is 398. The van der Waals surface area contributed by atoms with E-state index in [9.17, 15) is 4.79 Å². The number of hydrogen-bond acceptors (Lipinski definition) is 2. The second-order valence-electron chi connectivity index (χ2n) is 5.41. The molecule has 1 saturated carbocycles. The molecule has 1 aliphatic carbocycles. The molecule has 0 bridgehead atoms. The minimum Gasteiger partial charge on any atom is -0.352 e. The fourth-order valence-electron chi connectivity index (χ4n) is 2.25. The van der Waals surface area contributed by atoms with Gasteiger partial charge in [0.2, 0.25) is 5.91 Å². The van der Waals surface area contributed by atoms with Crippen LogP contribution in [0.3, 0.4) is 0 Å². The molecule has 0 radical (unpaired) electrons. The van der Waals surface area contributed by atoms with Crippen LogP contribution in [0.4, 0.5) is 0 Å². The van der Waals surface area contributed by atoms with Crippen LogP contribution < -0.4 is 11.1 Å². The summed E-state index contributed by atoms with van der Waals surface area (Å²) >= 11 is 0. The predicted octanol–water partition coefficient (Wildman–Crippen LogP) is 2.01. The summed E-state index contributed by atoms with van der Waals surface area (Å²) in [6.07, 6.45) is 4.66. The highest BCUT2D eigenvalue weighted by Crippen LogP contribution is 2.29. The Labute approximate surface area is 109 Å². The third-order valence-electron chi connectivity index (χ3n) is 3.78. The maximum atomic E-state index is 11.9. The number of amides is 1. The lowest BCUT2D eigenvalue weighted by atomic mass is 9.77. The lowest BCUT2D eigenvalue weighted by Gasteiger charge is -2.37. The number of carbonyl (C=O) groups is 1. The van der Waals surface area contributed by atoms with Crippen LogP contribution in [0.15, 0.2) is 30.3 Å². The topological polar surface area (TPSA) is 55.1 Å². The van der Waals surface area contributed by atoms with Crippen molar-refractivity contribution in [1.82, 2.24) is 5.32 Å². The van der Waals surface area contributed by atoms with Gasteiger partial charge < -0.3 is 11.1 Å². The summed E-state index contributed by atoms with van der Waals surface area (Å²) in [4.78, 5) is 11.9. The van der Waals surface area contributed by atoms with Crippen molar-refractivity contribution in [3.05, 3.63) is 35.9 Å². The molecule has 2 rings (SSSR count). The van der Waals surface area contributed by atoms with E-state index >= 15 is 0 Å². The summed E-state index contributed by atoms with van der Waals surface area (Å²) in [6, 6.07) is 10.5. The number of aryl methyl sites for hydroxylation is 1. The Morgan fingerprint density at radius 2 is 2.06 bits per heavy atom. The van der Waals surface area contributed by atoms with Crippen LogP contribution in [0.1, 0.15) is 38.2 Å². The van der Waals surface area contributed by atoms with Gasteiger partial charge >= 0.3 is 0 Å². The molecule has 1 aromatic rings. The molecule has 0 saturated heterocycles. The smallest absolute Gasteiger partial charge is 0.240 e. The Kier molecular flexibility index (Phi) is 4.02. The Hall–Kier alpha value is -1.35. The molecule has 1 aliphatic rings. The first kappa shape index (κ1) is 13.1. The zero-order valence-electron chi connectivity index (χ0n) is 11.0. The van der Waals surface area contributed by atoms with Crippen LogP contribution in [0.25, 0.3) is 0 Å². The minimum atomic E-state index is -0.582. The van der Waals surface area contributed by atoms with Gasteiger partial charge in [-0.2, -0.15) is 0 Å². The van der Waals surface area contributed by atoms with Gasteiger partial charge in [0.15, 0.2) is 0 Å². The molecule has 3 heteroatoms. The number of nitrogens with two attached hydrogens (primary N) is 1. The fourth-order valence-corrected chi connectivity index (χ4v) is 2.25. The first-order chi connectivity index (χ1) is 8.60. The molecular weight excluding hydrogens is 224 g/mol. The Morgan fingerprint density at radius 3 is 2.61 bits per heavy atom. The van der Waals surface area contributed by atoms with Crippen LogP contribution in [0.2, 0.25) is 0 Å². The molecule has 1 atom stereocenters. The van der Waals surface area contributed by atoms with Crippen molar-refractivity contribution in [2.45, 2.75) is 50.6 Å². The zero-order chi connectivity index (χ0) is 13.0. The van der Waals surface area contributed by atoms with E-state index in [0.717, 1.165) is 32.1 Å². The number of nitrogens with one attached hydrogen (secondary N) is 1. The van der Waals surface area contributed by atoms with Gasteiger partial charge in [0.1, 0.15) is 0 Å². The van der Waals surface area contributed by atoms with Gasteiger partial charge in [0.05, 0.1) is 5.54 Å². The summed E-state index contributed by atoms with van der Waals surface area (Å²) in [6.45, 7) is 2.04. The number of benzene rings is 1. The Balaban J connectivity index is 1.75. The molecular formula is C15H22N2O. The van der Waals surface area contributed by atoms with E-state index < -0.39 is 5.54 Å². The van der Waals surface area contributed by atoms with E-state index in [2.05, 4.69) is 17.4 Å². The molecule has 1 aromatic carbocycles. The van der Waals surface area contributed by atoms with Crippen LogP contribution in [-0.4, -0.2) is 17.5 Å². The zero-order valence-corrected chi connectivity index (χ0v) is 11.0. The van der Waals surface area contributed by atoms with Gasteiger partial charge in [-0.05, 0) is 44.6 Å². The maximum Gasteiger partial charge on any atom is 0.240 e. The second-order valence-corrected chi connectivity index (χ2v) is 5.41. The standard InChI is InChI=1S/C15H22N2O/c1-12(8-9-13-6-3-2-4-7-13)17-14(18)15(16)10-5-11-15/h2-4,6-7,12H,5,8-11,16H2,1H3,(H,17,18). The Morgan fingerprint density at radius 1 is 1.39 bits per heavy atom. The van der Waals surface area contributed by atoms with E-state index in [0.29, 0.717) is 0 Å². The minimum absolute atomic E-state index is 0.0225. The van der Waals surface area contributed by atoms with Gasteiger partial charge in [-0.25, -0.2) is 0 Å². The SMILES string of the molecule is CC(CCc1ccccc1)NC(=O)C1(N)CCC1. The van der Waals surface area contributed by atoms with Crippen LogP contribution >= 0.6 is 0 Å². The number of hydrogen-bond donors (Lipinski definition) is 2. The molecule has 3 N–H and O–H groups in total. The average Bonchev–Trinajstić information content (AvgIpc) is 2.34. The van der Waals surface area contributed by atoms with E-state index in [1.807, 2.05) is 25.1 Å². The molecule has 3 nitrogen and oxygen atoms in total. The van der Waals surface area contributed by atoms with Crippen molar-refractivity contribution in [2.75, 3.05) is 0 Å². The summed E-state index contributed by atoms with van der Waals surface area (Å²) in [5, 5.41) is 3.03. The third-order valence-corrected chi connectivity index (χ3v) is 3.78. The van der Waals surface area contributed by atoms with E-state index in [4.69, 9.17) is 5.73 Å². The van der Waals surface area contributed by atoms with Crippen molar-refractivity contribution < 1.29 is 4.79 Å². The highest BCUT2D eigenvalue weighted by Gasteiger charge is 2.40. The molecule has 0 heterocycles. The molecule has 0 aliphatic heterocycles. The summed E-state index contributed by atoms with van der Waals surface area (Å²) in [7, 11) is 0. The first-order valence-corrected chi connectivity index (χ1v) is 6.74. The second kappa shape index (κ2) is 5.53. The van der Waals surface area contributed by atoms with Crippen molar-refractivity contribution in [3.63, 3.8) is 0 Å². The summed E-state index contributed by atoms with van der Waals surface area (Å²) < 4.78 is 0. The summed E-state index contributed by atoms with van der Waals surface area (Å²) in [5.41, 5.74) is 6.72. The van der Waals surface area contributed by atoms with Crippen LogP contribution in [0.5, 0.6) is 0 Å². The van der Waals surface area contributed by atoms with Crippen molar-refractivity contribution >= 4 is 5.91 Å². The average molecular weight is 246 g/mol. The quantitative estimate of drug-likeness (QED) is 0.835. The molecule has 18 heavy (non-hydrogen) atoms. The molecule has 1 unspecified atom stereocenters. The third kappa shape index (κ3) is 3.10. The number of carbonyl (C=O) groups excluding carboxylic acids is 1. The lowest BCUT2D eigenvalue weighted by molar-refractivity contribution is -0.129. The molecule has 1 fully saturated rings. The van der Waals surface area contributed by atoms with Crippen molar-refractivity contribution in [3.8, 4) is 0 Å². The van der Waals surface area contributed by atoms with Gasteiger partial charge in [-0.15, -0.1) is 0 Å². The number of rotatable bonds is 5. The normalized spacial score (nSPS) is 18.8. The van der Waals surface area contributed by atoms with Crippen LogP contribution in [-0.2, 0) is 11.2 Å². The fraction of sp³-hybridized carbons (Fsp3) is 0.533. The molecule has 0 spiro atoms. The van der Waals surface area contributed by atoms with Gasteiger partial charge in [-0.3, -0.25) is 4.79 Å².